The quantitative estimate of drug-likeness (QED) is 0.315. The highest BCUT2D eigenvalue weighted by molar-refractivity contribution is 6.30. The molecule has 1 amide bonds. The Bertz CT molecular complexity index is 1270. The van der Waals surface area contributed by atoms with Crippen LogP contribution in [-0.4, -0.2) is 39.6 Å². The summed E-state index contributed by atoms with van der Waals surface area (Å²) >= 11 is 5.87. The maximum Gasteiger partial charge on any atom is 0.227 e. The zero-order chi connectivity index (χ0) is 25.8. The lowest BCUT2D eigenvalue weighted by Crippen LogP contribution is -2.39. The molecule has 36 heavy (non-hydrogen) atoms. The van der Waals surface area contributed by atoms with Crippen molar-refractivity contribution in [2.75, 3.05) is 13.1 Å². The standard InChI is InChI=1S/C26H24ClF3N4O2/c1-15(33-36-20-11-18(27)10-19(28)12-20)22-14-31-16(2)32-26(22)17-6-8-34(9-7-17)25(35)13-21-23(29)4-3-5-24(21)30/h3-5,10-12,14,17H,6-9,13H2,1-2H3/b33-15+. The van der Waals surface area contributed by atoms with Gasteiger partial charge in [0.1, 0.15) is 23.3 Å². The predicted molar refractivity (Wildman–Crippen MR) is 130 cm³/mol. The highest BCUT2D eigenvalue weighted by Gasteiger charge is 2.28. The Morgan fingerprint density at radius 2 is 1.86 bits per heavy atom. The van der Waals surface area contributed by atoms with Crippen molar-refractivity contribution in [3.05, 3.63) is 87.7 Å². The van der Waals surface area contributed by atoms with Crippen molar-refractivity contribution >= 4 is 23.2 Å². The number of benzene rings is 2. The summed E-state index contributed by atoms with van der Waals surface area (Å²) < 4.78 is 41.5. The van der Waals surface area contributed by atoms with E-state index >= 15 is 0 Å². The van der Waals surface area contributed by atoms with E-state index in [1.807, 2.05) is 0 Å². The summed E-state index contributed by atoms with van der Waals surface area (Å²) in [7, 11) is 0. The van der Waals surface area contributed by atoms with Crippen LogP contribution in [0.15, 0.2) is 47.8 Å². The van der Waals surface area contributed by atoms with Crippen LogP contribution < -0.4 is 4.84 Å². The molecule has 188 valence electrons. The molecule has 4 rings (SSSR count). The fourth-order valence-corrected chi connectivity index (χ4v) is 4.41. The lowest BCUT2D eigenvalue weighted by Gasteiger charge is -2.32. The Morgan fingerprint density at radius 1 is 1.17 bits per heavy atom. The number of carbonyl (C=O) groups excluding carboxylic acids is 1. The first kappa shape index (κ1) is 25.6. The molecule has 1 fully saturated rings. The van der Waals surface area contributed by atoms with E-state index < -0.39 is 17.5 Å². The van der Waals surface area contributed by atoms with Gasteiger partial charge in [0.15, 0.2) is 5.75 Å². The normalized spacial score (nSPS) is 14.7. The zero-order valence-corrected chi connectivity index (χ0v) is 20.5. The van der Waals surface area contributed by atoms with Gasteiger partial charge >= 0.3 is 0 Å². The van der Waals surface area contributed by atoms with Crippen LogP contribution in [0.4, 0.5) is 13.2 Å². The van der Waals surface area contributed by atoms with E-state index in [-0.39, 0.29) is 34.6 Å². The molecule has 0 saturated carbocycles. The Kier molecular flexibility index (Phi) is 7.88. The third kappa shape index (κ3) is 6.02. The first-order chi connectivity index (χ1) is 17.2. The molecule has 0 unspecified atom stereocenters. The van der Waals surface area contributed by atoms with Gasteiger partial charge in [0, 0.05) is 53.5 Å². The second-order valence-corrected chi connectivity index (χ2v) is 9.06. The minimum atomic E-state index is -0.725. The number of amides is 1. The molecule has 6 nitrogen and oxygen atoms in total. The first-order valence-electron chi connectivity index (χ1n) is 11.4. The van der Waals surface area contributed by atoms with E-state index in [0.717, 1.165) is 17.8 Å². The molecule has 0 atom stereocenters. The number of hydrogen-bond acceptors (Lipinski definition) is 5. The van der Waals surface area contributed by atoms with Gasteiger partial charge in [0.25, 0.3) is 0 Å². The molecule has 1 saturated heterocycles. The summed E-state index contributed by atoms with van der Waals surface area (Å²) in [6, 6.07) is 7.36. The summed E-state index contributed by atoms with van der Waals surface area (Å²) in [5.41, 5.74) is 1.74. The summed E-state index contributed by atoms with van der Waals surface area (Å²) in [4.78, 5) is 28.6. The van der Waals surface area contributed by atoms with Crippen molar-refractivity contribution in [1.82, 2.24) is 14.9 Å². The maximum absolute atomic E-state index is 14.0. The molecular formula is C26H24ClF3N4O2. The molecule has 2 aromatic carbocycles. The fraction of sp³-hybridized carbons (Fsp3) is 0.308. The first-order valence-corrected chi connectivity index (χ1v) is 11.8. The smallest absolute Gasteiger partial charge is 0.227 e. The number of likely N-dealkylation sites (tertiary alicyclic amines) is 1. The molecule has 10 heteroatoms. The lowest BCUT2D eigenvalue weighted by atomic mass is 9.89. The van der Waals surface area contributed by atoms with Gasteiger partial charge in [0.2, 0.25) is 5.91 Å². The SMILES string of the molecule is C/C(=N\Oc1cc(F)cc(Cl)c1)c1cnc(C)nc1C1CCN(C(=O)Cc2c(F)cccc2F)CC1. The van der Waals surface area contributed by atoms with E-state index in [2.05, 4.69) is 15.1 Å². The molecule has 0 spiro atoms. The number of aryl methyl sites for hydroxylation is 1. The van der Waals surface area contributed by atoms with Crippen LogP contribution in [0.2, 0.25) is 5.02 Å². The van der Waals surface area contributed by atoms with Crippen LogP contribution >= 0.6 is 11.6 Å². The molecule has 2 heterocycles. The average Bonchev–Trinajstić information content (AvgIpc) is 2.84. The number of hydrogen-bond donors (Lipinski definition) is 0. The number of carbonyl (C=O) groups is 1. The van der Waals surface area contributed by atoms with Crippen LogP contribution in [0.25, 0.3) is 0 Å². The Balaban J connectivity index is 1.46. The van der Waals surface area contributed by atoms with Gasteiger partial charge < -0.3 is 9.74 Å². The molecule has 1 aliphatic heterocycles. The number of rotatable bonds is 6. The molecule has 0 N–H and O–H groups in total. The van der Waals surface area contributed by atoms with Crippen LogP contribution in [0.3, 0.4) is 0 Å². The van der Waals surface area contributed by atoms with Crippen molar-refractivity contribution in [2.45, 2.75) is 39.0 Å². The minimum absolute atomic E-state index is 0.0183. The zero-order valence-electron chi connectivity index (χ0n) is 19.8. The highest BCUT2D eigenvalue weighted by atomic mass is 35.5. The summed E-state index contributed by atoms with van der Waals surface area (Å²) in [6.07, 6.45) is 2.57. The lowest BCUT2D eigenvalue weighted by molar-refractivity contribution is -0.131. The summed E-state index contributed by atoms with van der Waals surface area (Å²) in [5.74, 6) is -1.54. The minimum Gasteiger partial charge on any atom is -0.357 e. The van der Waals surface area contributed by atoms with Crippen LogP contribution in [-0.2, 0) is 11.2 Å². The predicted octanol–water partition coefficient (Wildman–Crippen LogP) is 5.61. The number of nitrogens with zero attached hydrogens (tertiary/aromatic N) is 4. The van der Waals surface area contributed by atoms with Crippen LogP contribution in [0.5, 0.6) is 5.75 Å². The second-order valence-electron chi connectivity index (χ2n) is 8.62. The van der Waals surface area contributed by atoms with Gasteiger partial charge in [-0.3, -0.25) is 4.79 Å². The van der Waals surface area contributed by atoms with Crippen LogP contribution in [0.1, 0.15) is 48.3 Å². The van der Waals surface area contributed by atoms with Gasteiger partial charge in [-0.1, -0.05) is 22.8 Å². The number of oxime groups is 1. The summed E-state index contributed by atoms with van der Waals surface area (Å²) in [5, 5.41) is 4.31. The van der Waals surface area contributed by atoms with Crippen molar-refractivity contribution in [2.24, 2.45) is 5.16 Å². The van der Waals surface area contributed by atoms with Crippen molar-refractivity contribution in [1.29, 1.82) is 0 Å². The third-order valence-electron chi connectivity index (χ3n) is 6.08. The number of piperidine rings is 1. The van der Waals surface area contributed by atoms with Crippen molar-refractivity contribution in [3.8, 4) is 5.75 Å². The maximum atomic E-state index is 14.0. The van der Waals surface area contributed by atoms with Crippen LogP contribution in [0, 0.1) is 24.4 Å². The molecule has 1 aromatic heterocycles. The fourth-order valence-electron chi connectivity index (χ4n) is 4.20. The number of aromatic nitrogens is 2. The Hall–Kier alpha value is -3.46. The number of halogens is 4. The van der Waals surface area contributed by atoms with Gasteiger partial charge in [-0.15, -0.1) is 0 Å². The molecule has 0 radical (unpaired) electrons. The van der Waals surface area contributed by atoms with E-state index in [0.29, 0.717) is 43.0 Å². The molecule has 1 aliphatic rings. The third-order valence-corrected chi connectivity index (χ3v) is 6.29. The van der Waals surface area contributed by atoms with Crippen molar-refractivity contribution < 1.29 is 22.8 Å². The molecule has 0 aliphatic carbocycles. The molecule has 0 bridgehead atoms. The van der Waals surface area contributed by atoms with Gasteiger partial charge in [-0.05, 0) is 44.9 Å². The van der Waals surface area contributed by atoms with E-state index in [1.165, 1.54) is 24.3 Å². The monoisotopic (exact) mass is 516 g/mol. The van der Waals surface area contributed by atoms with Gasteiger partial charge in [-0.2, -0.15) is 0 Å². The summed E-state index contributed by atoms with van der Waals surface area (Å²) in [6.45, 7) is 4.37. The largest absolute Gasteiger partial charge is 0.357 e. The molecular weight excluding hydrogens is 493 g/mol. The van der Waals surface area contributed by atoms with Gasteiger partial charge in [-0.25, -0.2) is 23.1 Å². The Morgan fingerprint density at radius 3 is 2.53 bits per heavy atom. The average molecular weight is 517 g/mol. The topological polar surface area (TPSA) is 67.7 Å². The highest BCUT2D eigenvalue weighted by Crippen LogP contribution is 2.30. The van der Waals surface area contributed by atoms with E-state index in [4.69, 9.17) is 16.4 Å². The van der Waals surface area contributed by atoms with E-state index in [1.54, 1.807) is 24.9 Å². The second kappa shape index (κ2) is 11.1. The van der Waals surface area contributed by atoms with Gasteiger partial charge in [0.05, 0.1) is 17.8 Å². The molecule has 3 aromatic rings. The van der Waals surface area contributed by atoms with E-state index in [9.17, 15) is 18.0 Å². The van der Waals surface area contributed by atoms with Crippen molar-refractivity contribution in [3.63, 3.8) is 0 Å². The Labute approximate surface area is 211 Å².